The van der Waals surface area contributed by atoms with Crippen LogP contribution < -0.4 is 15.4 Å². The van der Waals surface area contributed by atoms with Crippen molar-refractivity contribution in [3.8, 4) is 5.75 Å². The molecule has 1 heterocycles. The Morgan fingerprint density at radius 1 is 1.32 bits per heavy atom. The molecule has 1 saturated heterocycles. The third-order valence-electron chi connectivity index (χ3n) is 4.63. The predicted octanol–water partition coefficient (Wildman–Crippen LogP) is 2.49. The number of nitrogens with one attached hydrogen (secondary N) is 2. The van der Waals surface area contributed by atoms with Gasteiger partial charge in [-0.15, -0.1) is 0 Å². The number of guanidine groups is 1. The maximum atomic E-state index is 13.6. The molecule has 0 radical (unpaired) electrons. The second-order valence-corrected chi connectivity index (χ2v) is 6.77. The van der Waals surface area contributed by atoms with Crippen LogP contribution in [0.3, 0.4) is 0 Å². The lowest BCUT2D eigenvalue weighted by Gasteiger charge is -2.29. The summed E-state index contributed by atoms with van der Waals surface area (Å²) in [5, 5.41) is 6.59. The topological polar surface area (TPSA) is 48.9 Å². The third-order valence-corrected chi connectivity index (χ3v) is 4.63. The first-order valence-corrected chi connectivity index (χ1v) is 9.12. The highest BCUT2D eigenvalue weighted by atomic mass is 19.1. The summed E-state index contributed by atoms with van der Waals surface area (Å²) < 4.78 is 19.2. The molecule has 6 heteroatoms. The zero-order chi connectivity index (χ0) is 18.1. The minimum Gasteiger partial charge on any atom is -0.486 e. The van der Waals surface area contributed by atoms with Crippen LogP contribution >= 0.6 is 0 Å². The van der Waals surface area contributed by atoms with E-state index in [1.54, 1.807) is 25.2 Å². The number of nitrogens with zero attached hydrogens (tertiary/aromatic N) is 2. The van der Waals surface area contributed by atoms with Crippen LogP contribution in [0.2, 0.25) is 0 Å². The van der Waals surface area contributed by atoms with Gasteiger partial charge in [-0.25, -0.2) is 4.39 Å². The average molecular weight is 350 g/mol. The van der Waals surface area contributed by atoms with E-state index in [0.29, 0.717) is 6.54 Å². The molecule has 1 aromatic carbocycles. The van der Waals surface area contributed by atoms with E-state index in [2.05, 4.69) is 27.6 Å². The summed E-state index contributed by atoms with van der Waals surface area (Å²) >= 11 is 0. The van der Waals surface area contributed by atoms with Crippen molar-refractivity contribution in [3.63, 3.8) is 0 Å². The standard InChI is InChI=1S/C19H31FN4O/c1-15(25-18-7-5-4-6-17(18)20)14-23-19(21-2)22-11-8-16-9-12-24(3)13-10-16/h4-7,15-16H,8-14H2,1-3H3,(H2,21,22,23). The molecule has 0 amide bonds. The molecule has 0 bridgehead atoms. The zero-order valence-electron chi connectivity index (χ0n) is 15.6. The minimum atomic E-state index is -0.338. The maximum absolute atomic E-state index is 13.6. The molecule has 0 aliphatic carbocycles. The van der Waals surface area contributed by atoms with Gasteiger partial charge < -0.3 is 20.3 Å². The number of hydrogen-bond acceptors (Lipinski definition) is 3. The molecule has 1 aromatic rings. The number of ether oxygens (including phenoxy) is 1. The molecule has 1 aliphatic heterocycles. The van der Waals surface area contributed by atoms with E-state index in [1.165, 1.54) is 32.0 Å². The van der Waals surface area contributed by atoms with Crippen LogP contribution in [0.4, 0.5) is 4.39 Å². The molecule has 0 spiro atoms. The third kappa shape index (κ3) is 6.90. The van der Waals surface area contributed by atoms with Gasteiger partial charge in [0.25, 0.3) is 0 Å². The van der Waals surface area contributed by atoms with Gasteiger partial charge in [0.05, 0.1) is 6.54 Å². The highest BCUT2D eigenvalue weighted by molar-refractivity contribution is 5.79. The van der Waals surface area contributed by atoms with Gasteiger partial charge in [-0.05, 0) is 64.4 Å². The molecule has 5 nitrogen and oxygen atoms in total. The zero-order valence-corrected chi connectivity index (χ0v) is 15.6. The average Bonchev–Trinajstić information content (AvgIpc) is 2.61. The Balaban J connectivity index is 1.65. The first-order chi connectivity index (χ1) is 12.1. The van der Waals surface area contributed by atoms with Gasteiger partial charge in [0.15, 0.2) is 17.5 Å². The van der Waals surface area contributed by atoms with E-state index in [1.807, 2.05) is 6.92 Å². The summed E-state index contributed by atoms with van der Waals surface area (Å²) in [7, 11) is 3.94. The molecule has 0 saturated carbocycles. The van der Waals surface area contributed by atoms with Gasteiger partial charge in [-0.3, -0.25) is 4.99 Å². The van der Waals surface area contributed by atoms with Crippen LogP contribution in [0.5, 0.6) is 5.75 Å². The van der Waals surface area contributed by atoms with E-state index >= 15 is 0 Å². The predicted molar refractivity (Wildman–Crippen MR) is 101 cm³/mol. The number of para-hydroxylation sites is 1. The van der Waals surface area contributed by atoms with Gasteiger partial charge in [-0.1, -0.05) is 12.1 Å². The van der Waals surface area contributed by atoms with E-state index < -0.39 is 0 Å². The SMILES string of the molecule is CN=C(NCCC1CCN(C)CC1)NCC(C)Oc1ccccc1F. The fraction of sp³-hybridized carbons (Fsp3) is 0.632. The highest BCUT2D eigenvalue weighted by Crippen LogP contribution is 2.18. The molecule has 25 heavy (non-hydrogen) atoms. The molecular weight excluding hydrogens is 319 g/mol. The Morgan fingerprint density at radius 3 is 2.72 bits per heavy atom. The van der Waals surface area contributed by atoms with Crippen molar-refractivity contribution in [1.82, 2.24) is 15.5 Å². The number of benzene rings is 1. The van der Waals surface area contributed by atoms with Gasteiger partial charge >= 0.3 is 0 Å². The van der Waals surface area contributed by atoms with Gasteiger partial charge in [0.1, 0.15) is 6.10 Å². The van der Waals surface area contributed by atoms with Crippen LogP contribution in [0.15, 0.2) is 29.3 Å². The summed E-state index contributed by atoms with van der Waals surface area (Å²) in [4.78, 5) is 6.63. The lowest BCUT2D eigenvalue weighted by Crippen LogP contribution is -2.42. The molecular formula is C19H31FN4O. The fourth-order valence-corrected chi connectivity index (χ4v) is 3.01. The quantitative estimate of drug-likeness (QED) is 0.586. The molecule has 0 aromatic heterocycles. The monoisotopic (exact) mass is 350 g/mol. The van der Waals surface area contributed by atoms with Crippen molar-refractivity contribution in [2.45, 2.75) is 32.3 Å². The summed E-state index contributed by atoms with van der Waals surface area (Å²) in [5.74, 6) is 1.50. The minimum absolute atomic E-state index is 0.163. The fourth-order valence-electron chi connectivity index (χ4n) is 3.01. The Bertz CT molecular complexity index is 544. The van der Waals surface area contributed by atoms with Crippen LogP contribution in [0, 0.1) is 11.7 Å². The first-order valence-electron chi connectivity index (χ1n) is 9.12. The second kappa shape index (κ2) is 10.2. The largest absolute Gasteiger partial charge is 0.486 e. The van der Waals surface area contributed by atoms with E-state index in [-0.39, 0.29) is 17.7 Å². The lowest BCUT2D eigenvalue weighted by atomic mass is 9.94. The van der Waals surface area contributed by atoms with Crippen molar-refractivity contribution in [1.29, 1.82) is 0 Å². The molecule has 1 aliphatic rings. The Morgan fingerprint density at radius 2 is 2.04 bits per heavy atom. The van der Waals surface area contributed by atoms with Gasteiger partial charge in [0, 0.05) is 13.6 Å². The normalized spacial score (nSPS) is 18.0. The molecule has 2 N–H and O–H groups in total. The summed E-state index contributed by atoms with van der Waals surface area (Å²) in [6, 6.07) is 6.46. The summed E-state index contributed by atoms with van der Waals surface area (Å²) in [6.07, 6.45) is 3.55. The van der Waals surface area contributed by atoms with E-state index in [0.717, 1.165) is 24.8 Å². The first kappa shape index (κ1) is 19.5. The Labute approximate surface area is 150 Å². The van der Waals surface area contributed by atoms with Crippen molar-refractivity contribution in [2.75, 3.05) is 40.3 Å². The molecule has 1 unspecified atom stereocenters. The van der Waals surface area contributed by atoms with Crippen molar-refractivity contribution >= 4 is 5.96 Å². The van der Waals surface area contributed by atoms with Crippen LogP contribution in [-0.2, 0) is 0 Å². The van der Waals surface area contributed by atoms with Crippen molar-refractivity contribution in [3.05, 3.63) is 30.1 Å². The smallest absolute Gasteiger partial charge is 0.191 e. The van der Waals surface area contributed by atoms with Crippen LogP contribution in [0.1, 0.15) is 26.2 Å². The Hall–Kier alpha value is -1.82. The number of piperidine rings is 1. The van der Waals surface area contributed by atoms with Crippen molar-refractivity contribution in [2.24, 2.45) is 10.9 Å². The lowest BCUT2D eigenvalue weighted by molar-refractivity contribution is 0.211. The molecule has 1 atom stereocenters. The number of aliphatic imine (C=N–C) groups is 1. The maximum Gasteiger partial charge on any atom is 0.191 e. The molecule has 1 fully saturated rings. The summed E-state index contributed by atoms with van der Waals surface area (Å²) in [5.41, 5.74) is 0. The van der Waals surface area contributed by atoms with Gasteiger partial charge in [0.2, 0.25) is 0 Å². The number of rotatable bonds is 7. The second-order valence-electron chi connectivity index (χ2n) is 6.77. The van der Waals surface area contributed by atoms with E-state index in [9.17, 15) is 4.39 Å². The van der Waals surface area contributed by atoms with Crippen molar-refractivity contribution < 1.29 is 9.13 Å². The Kier molecular flexibility index (Phi) is 7.98. The number of halogens is 1. The summed E-state index contributed by atoms with van der Waals surface area (Å²) in [6.45, 7) is 5.77. The van der Waals surface area contributed by atoms with E-state index in [4.69, 9.17) is 4.74 Å². The number of hydrogen-bond donors (Lipinski definition) is 2. The molecule has 2 rings (SSSR count). The van der Waals surface area contributed by atoms with Crippen LogP contribution in [-0.4, -0.2) is 57.2 Å². The van der Waals surface area contributed by atoms with Gasteiger partial charge in [-0.2, -0.15) is 0 Å². The highest BCUT2D eigenvalue weighted by Gasteiger charge is 2.16. The number of likely N-dealkylation sites (tertiary alicyclic amines) is 1. The van der Waals surface area contributed by atoms with Crippen LogP contribution in [0.25, 0.3) is 0 Å². The molecule has 140 valence electrons.